The molecule has 0 radical (unpaired) electrons. The molecule has 1 saturated heterocycles. The second kappa shape index (κ2) is 7.24. The predicted octanol–water partition coefficient (Wildman–Crippen LogP) is 1.80. The van der Waals surface area contributed by atoms with Crippen molar-refractivity contribution in [3.05, 3.63) is 48.4 Å². The molecule has 6 nitrogen and oxygen atoms in total. The number of anilines is 1. The Kier molecular flexibility index (Phi) is 4.49. The third-order valence-corrected chi connectivity index (χ3v) is 4.10. The zero-order valence-electron chi connectivity index (χ0n) is 13.8. The van der Waals surface area contributed by atoms with Gasteiger partial charge in [0.2, 0.25) is 0 Å². The first-order chi connectivity index (χ1) is 12.4. The van der Waals surface area contributed by atoms with E-state index in [4.69, 9.17) is 4.74 Å². The number of nitrogens with zero attached hydrogens (tertiary/aromatic N) is 3. The molecule has 2 N–H and O–H groups in total. The normalized spacial score (nSPS) is 14.2. The Bertz CT molecular complexity index is 904. The molecule has 6 heteroatoms. The number of aromatic nitrogens is 3. The summed E-state index contributed by atoms with van der Waals surface area (Å²) in [6.07, 6.45) is 1.60. The zero-order valence-corrected chi connectivity index (χ0v) is 13.8. The van der Waals surface area contributed by atoms with Crippen LogP contribution in [0.1, 0.15) is 5.69 Å². The minimum absolute atomic E-state index is 0.343. The van der Waals surface area contributed by atoms with Crippen molar-refractivity contribution in [2.45, 2.75) is 0 Å². The predicted molar refractivity (Wildman–Crippen MR) is 97.8 cm³/mol. The number of fused-ring (bicyclic) bond motifs is 1. The standard InChI is InChI=1S/C19H19N5O/c1-2-6-16(7-3-1)25-12-4-5-15-13-17-18(23-15)21-14-22-19(17)24-10-8-20-9-11-24/h1-3,6-7,13-14,20H,8-12H2,(H,21,22,23). The van der Waals surface area contributed by atoms with Crippen molar-refractivity contribution in [1.82, 2.24) is 20.3 Å². The average molecular weight is 333 g/mol. The fraction of sp³-hybridized carbons (Fsp3) is 0.263. The Morgan fingerprint density at radius 1 is 1.12 bits per heavy atom. The van der Waals surface area contributed by atoms with Crippen molar-refractivity contribution in [2.24, 2.45) is 0 Å². The molecule has 0 spiro atoms. The molecule has 3 heterocycles. The molecular weight excluding hydrogens is 314 g/mol. The van der Waals surface area contributed by atoms with E-state index in [1.54, 1.807) is 6.33 Å². The van der Waals surface area contributed by atoms with E-state index in [1.807, 2.05) is 36.4 Å². The number of benzene rings is 1. The van der Waals surface area contributed by atoms with Gasteiger partial charge >= 0.3 is 0 Å². The minimum Gasteiger partial charge on any atom is -0.481 e. The quantitative estimate of drug-likeness (QED) is 0.716. The molecule has 2 aromatic heterocycles. The Labute approximate surface area is 146 Å². The van der Waals surface area contributed by atoms with Crippen LogP contribution in [0.15, 0.2) is 42.7 Å². The van der Waals surface area contributed by atoms with Gasteiger partial charge < -0.3 is 19.9 Å². The maximum Gasteiger partial charge on any atom is 0.149 e. The molecule has 4 rings (SSSR count). The van der Waals surface area contributed by atoms with Gasteiger partial charge in [0.25, 0.3) is 0 Å². The second-order valence-electron chi connectivity index (χ2n) is 5.78. The summed E-state index contributed by atoms with van der Waals surface area (Å²) in [5.41, 5.74) is 1.64. The number of piperazine rings is 1. The number of ether oxygens (including phenoxy) is 1. The summed E-state index contributed by atoms with van der Waals surface area (Å²) in [5.74, 6) is 7.93. The molecule has 0 saturated carbocycles. The van der Waals surface area contributed by atoms with Crippen LogP contribution in [0.2, 0.25) is 0 Å². The number of nitrogens with one attached hydrogen (secondary N) is 2. The number of H-pyrrole nitrogens is 1. The van der Waals surface area contributed by atoms with Crippen LogP contribution in [0.25, 0.3) is 11.0 Å². The first-order valence-corrected chi connectivity index (χ1v) is 8.36. The van der Waals surface area contributed by atoms with Gasteiger partial charge in [-0.2, -0.15) is 0 Å². The van der Waals surface area contributed by atoms with Crippen LogP contribution < -0.4 is 15.0 Å². The van der Waals surface area contributed by atoms with E-state index >= 15 is 0 Å². The van der Waals surface area contributed by atoms with Crippen molar-refractivity contribution in [3.63, 3.8) is 0 Å². The lowest BCUT2D eigenvalue weighted by Gasteiger charge is -2.28. The maximum absolute atomic E-state index is 5.59. The SMILES string of the molecule is C(#Cc1cc2c(N3CCNCC3)ncnc2[nH]1)COc1ccccc1. The topological polar surface area (TPSA) is 66.1 Å². The van der Waals surface area contributed by atoms with Crippen molar-refractivity contribution >= 4 is 16.9 Å². The number of para-hydroxylation sites is 1. The van der Waals surface area contributed by atoms with Crippen LogP contribution in [0.4, 0.5) is 5.82 Å². The molecule has 3 aromatic rings. The van der Waals surface area contributed by atoms with E-state index in [0.717, 1.165) is 54.5 Å². The van der Waals surface area contributed by atoms with Gasteiger partial charge in [-0.15, -0.1) is 0 Å². The maximum atomic E-state index is 5.59. The molecule has 1 fully saturated rings. The van der Waals surface area contributed by atoms with Gasteiger partial charge in [-0.05, 0) is 24.1 Å². The van der Waals surface area contributed by atoms with E-state index in [1.165, 1.54) is 0 Å². The van der Waals surface area contributed by atoms with Crippen LogP contribution in [-0.4, -0.2) is 47.7 Å². The van der Waals surface area contributed by atoms with Crippen LogP contribution in [0, 0.1) is 11.8 Å². The van der Waals surface area contributed by atoms with E-state index in [9.17, 15) is 0 Å². The van der Waals surface area contributed by atoms with Crippen LogP contribution in [-0.2, 0) is 0 Å². The third-order valence-electron chi connectivity index (χ3n) is 4.10. The summed E-state index contributed by atoms with van der Waals surface area (Å²) in [6, 6.07) is 11.7. The lowest BCUT2D eigenvalue weighted by molar-refractivity contribution is 0.370. The van der Waals surface area contributed by atoms with Crippen LogP contribution >= 0.6 is 0 Å². The highest BCUT2D eigenvalue weighted by Gasteiger charge is 2.16. The molecule has 0 atom stereocenters. The molecule has 126 valence electrons. The summed E-state index contributed by atoms with van der Waals surface area (Å²) in [5, 5.41) is 4.37. The highest BCUT2D eigenvalue weighted by Crippen LogP contribution is 2.23. The minimum atomic E-state index is 0.343. The molecule has 0 bridgehead atoms. The Morgan fingerprint density at radius 2 is 1.96 bits per heavy atom. The Hall–Kier alpha value is -3.04. The smallest absolute Gasteiger partial charge is 0.149 e. The highest BCUT2D eigenvalue weighted by atomic mass is 16.5. The number of hydrogen-bond donors (Lipinski definition) is 2. The van der Waals surface area contributed by atoms with Crippen molar-refractivity contribution in [2.75, 3.05) is 37.7 Å². The molecule has 1 aliphatic heterocycles. The number of aromatic amines is 1. The molecule has 0 amide bonds. The van der Waals surface area contributed by atoms with Crippen LogP contribution in [0.5, 0.6) is 5.75 Å². The lowest BCUT2D eigenvalue weighted by Crippen LogP contribution is -2.43. The summed E-state index contributed by atoms with van der Waals surface area (Å²) in [6.45, 7) is 4.18. The fourth-order valence-corrected chi connectivity index (χ4v) is 2.89. The Morgan fingerprint density at radius 3 is 2.80 bits per heavy atom. The van der Waals surface area contributed by atoms with E-state index in [-0.39, 0.29) is 0 Å². The summed E-state index contributed by atoms with van der Waals surface area (Å²) < 4.78 is 5.59. The van der Waals surface area contributed by atoms with Gasteiger partial charge in [0.1, 0.15) is 30.1 Å². The molecule has 1 aromatic carbocycles. The van der Waals surface area contributed by atoms with Gasteiger partial charge in [0.05, 0.1) is 11.1 Å². The van der Waals surface area contributed by atoms with Gasteiger partial charge in [0, 0.05) is 26.2 Å². The first kappa shape index (κ1) is 15.5. The van der Waals surface area contributed by atoms with Crippen LogP contribution in [0.3, 0.4) is 0 Å². The fourth-order valence-electron chi connectivity index (χ4n) is 2.89. The second-order valence-corrected chi connectivity index (χ2v) is 5.78. The summed E-state index contributed by atoms with van der Waals surface area (Å²) >= 11 is 0. The monoisotopic (exact) mass is 333 g/mol. The molecular formula is C19H19N5O. The van der Waals surface area contributed by atoms with E-state index < -0.39 is 0 Å². The Balaban J connectivity index is 1.50. The largest absolute Gasteiger partial charge is 0.481 e. The number of rotatable bonds is 3. The summed E-state index contributed by atoms with van der Waals surface area (Å²) in [4.78, 5) is 14.3. The average Bonchev–Trinajstić information content (AvgIpc) is 3.10. The molecule has 1 aliphatic rings. The molecule has 0 unspecified atom stereocenters. The highest BCUT2D eigenvalue weighted by molar-refractivity contribution is 5.88. The van der Waals surface area contributed by atoms with E-state index in [2.05, 4.69) is 37.0 Å². The third kappa shape index (κ3) is 3.57. The number of hydrogen-bond acceptors (Lipinski definition) is 5. The zero-order chi connectivity index (χ0) is 16.9. The lowest BCUT2D eigenvalue weighted by atomic mass is 10.3. The van der Waals surface area contributed by atoms with Crippen molar-refractivity contribution < 1.29 is 4.74 Å². The molecule has 25 heavy (non-hydrogen) atoms. The van der Waals surface area contributed by atoms with Crippen molar-refractivity contribution in [3.8, 4) is 17.6 Å². The van der Waals surface area contributed by atoms with E-state index in [0.29, 0.717) is 6.61 Å². The van der Waals surface area contributed by atoms with Gasteiger partial charge in [-0.3, -0.25) is 0 Å². The van der Waals surface area contributed by atoms with Gasteiger partial charge in [-0.25, -0.2) is 9.97 Å². The summed E-state index contributed by atoms with van der Waals surface area (Å²) in [7, 11) is 0. The molecule has 0 aliphatic carbocycles. The first-order valence-electron chi connectivity index (χ1n) is 8.36. The van der Waals surface area contributed by atoms with Gasteiger partial charge in [-0.1, -0.05) is 24.1 Å². The van der Waals surface area contributed by atoms with Gasteiger partial charge in [0.15, 0.2) is 0 Å². The van der Waals surface area contributed by atoms with Crippen molar-refractivity contribution in [1.29, 1.82) is 0 Å².